The van der Waals surface area contributed by atoms with Crippen molar-refractivity contribution in [3.8, 4) is 0 Å². The predicted octanol–water partition coefficient (Wildman–Crippen LogP) is 2.28. The molecule has 2 heterocycles. The average molecular weight is 382 g/mol. The van der Waals surface area contributed by atoms with Gasteiger partial charge in [0.1, 0.15) is 6.04 Å². The Kier molecular flexibility index (Phi) is 4.22. The van der Waals surface area contributed by atoms with Gasteiger partial charge in [0, 0.05) is 11.0 Å². The second kappa shape index (κ2) is 5.49. The molecule has 1 aromatic rings. The van der Waals surface area contributed by atoms with E-state index in [2.05, 4.69) is 42.5 Å². The van der Waals surface area contributed by atoms with Crippen LogP contribution in [0.15, 0.2) is 14.3 Å². The lowest BCUT2D eigenvalue weighted by molar-refractivity contribution is -0.124. The fraction of sp³-hybridized carbons (Fsp3) is 0.400. The first-order valence-electron chi connectivity index (χ1n) is 5.11. The fourth-order valence-corrected chi connectivity index (χ4v) is 3.54. The Balaban J connectivity index is 2.03. The summed E-state index contributed by atoms with van der Waals surface area (Å²) in [6, 6.07) is 1.33. The van der Waals surface area contributed by atoms with Crippen molar-refractivity contribution < 1.29 is 9.59 Å². The van der Waals surface area contributed by atoms with Crippen molar-refractivity contribution in [3.05, 3.63) is 19.2 Å². The molecule has 1 saturated heterocycles. The lowest BCUT2D eigenvalue weighted by atomic mass is 10.1. The fourth-order valence-electron chi connectivity index (χ4n) is 1.60. The summed E-state index contributed by atoms with van der Waals surface area (Å²) in [6.45, 7) is 0.696. The molecule has 2 amide bonds. The number of nitrogens with one attached hydrogen (secondary N) is 2. The summed E-state index contributed by atoms with van der Waals surface area (Å²) < 4.78 is 1.72. The van der Waals surface area contributed by atoms with Crippen LogP contribution in [0.3, 0.4) is 0 Å². The van der Waals surface area contributed by atoms with Crippen molar-refractivity contribution >= 4 is 55.0 Å². The number of hydrogen-bond acceptors (Lipinski definition) is 3. The van der Waals surface area contributed by atoms with Crippen LogP contribution in [-0.2, 0) is 4.79 Å². The summed E-state index contributed by atoms with van der Waals surface area (Å²) in [6.07, 6.45) is 1.60. The first kappa shape index (κ1) is 13.0. The minimum Gasteiger partial charge on any atom is -0.354 e. The maximum atomic E-state index is 11.9. The highest BCUT2D eigenvalue weighted by molar-refractivity contribution is 9.13. The zero-order valence-corrected chi connectivity index (χ0v) is 12.7. The van der Waals surface area contributed by atoms with Gasteiger partial charge in [-0.3, -0.25) is 9.59 Å². The van der Waals surface area contributed by atoms with Gasteiger partial charge < -0.3 is 10.6 Å². The molecule has 1 unspecified atom stereocenters. The maximum absolute atomic E-state index is 11.9. The number of carbonyl (C=O) groups is 2. The van der Waals surface area contributed by atoms with Gasteiger partial charge in [0.15, 0.2) is 0 Å². The van der Waals surface area contributed by atoms with Crippen LogP contribution in [0.4, 0.5) is 0 Å². The van der Waals surface area contributed by atoms with E-state index in [0.29, 0.717) is 17.8 Å². The normalized spacial score (nSPS) is 19.9. The lowest BCUT2D eigenvalue weighted by Crippen LogP contribution is -2.50. The molecule has 1 atom stereocenters. The molecule has 1 aliphatic rings. The van der Waals surface area contributed by atoms with Gasteiger partial charge in [-0.1, -0.05) is 0 Å². The molecule has 0 spiro atoms. The number of amides is 2. The average Bonchev–Trinajstić information content (AvgIpc) is 2.63. The Morgan fingerprint density at radius 1 is 1.53 bits per heavy atom. The molecule has 0 aromatic carbocycles. The summed E-state index contributed by atoms with van der Waals surface area (Å²) in [5, 5.41) is 5.48. The monoisotopic (exact) mass is 380 g/mol. The lowest BCUT2D eigenvalue weighted by Gasteiger charge is -2.22. The Labute approximate surface area is 119 Å². The molecular formula is C10H10Br2N2O2S. The van der Waals surface area contributed by atoms with Crippen molar-refractivity contribution in [3.63, 3.8) is 0 Å². The van der Waals surface area contributed by atoms with Gasteiger partial charge in [-0.2, -0.15) is 0 Å². The third-order valence-electron chi connectivity index (χ3n) is 2.46. The summed E-state index contributed by atoms with van der Waals surface area (Å²) in [7, 11) is 0. The number of carbonyl (C=O) groups excluding carboxylic acids is 2. The standard InChI is InChI=1S/C10H10Br2N2O2S/c11-5-4-7(17-8(5)12)10(16)14-6-2-1-3-13-9(6)15/h4,6H,1-3H2,(H,13,15)(H,14,16). The molecule has 7 heteroatoms. The number of rotatable bonds is 2. The van der Waals surface area contributed by atoms with Crippen molar-refractivity contribution in [1.29, 1.82) is 0 Å². The van der Waals surface area contributed by atoms with Crippen molar-refractivity contribution in [2.24, 2.45) is 0 Å². The Bertz CT molecular complexity index is 442. The second-order valence-electron chi connectivity index (χ2n) is 3.69. The van der Waals surface area contributed by atoms with E-state index in [0.717, 1.165) is 14.7 Å². The third kappa shape index (κ3) is 3.08. The van der Waals surface area contributed by atoms with E-state index in [4.69, 9.17) is 0 Å². The zero-order valence-electron chi connectivity index (χ0n) is 8.76. The summed E-state index contributed by atoms with van der Waals surface area (Å²) >= 11 is 8.00. The number of hydrogen-bond donors (Lipinski definition) is 2. The van der Waals surface area contributed by atoms with Gasteiger partial charge in [0.25, 0.3) is 5.91 Å². The minimum atomic E-state index is -0.407. The summed E-state index contributed by atoms with van der Waals surface area (Å²) in [4.78, 5) is 24.0. The molecule has 0 radical (unpaired) electrons. The van der Waals surface area contributed by atoms with Crippen LogP contribution in [-0.4, -0.2) is 24.4 Å². The molecule has 2 N–H and O–H groups in total. The van der Waals surface area contributed by atoms with Crippen LogP contribution >= 0.6 is 43.2 Å². The first-order valence-corrected chi connectivity index (χ1v) is 7.51. The molecule has 1 fully saturated rings. The largest absolute Gasteiger partial charge is 0.354 e. The van der Waals surface area contributed by atoms with Gasteiger partial charge in [-0.15, -0.1) is 11.3 Å². The van der Waals surface area contributed by atoms with Crippen LogP contribution < -0.4 is 10.6 Å². The van der Waals surface area contributed by atoms with Crippen LogP contribution in [0.2, 0.25) is 0 Å². The van der Waals surface area contributed by atoms with Crippen LogP contribution in [0.25, 0.3) is 0 Å². The molecule has 1 aliphatic heterocycles. The molecule has 17 heavy (non-hydrogen) atoms. The topological polar surface area (TPSA) is 58.2 Å². The number of piperidine rings is 1. The van der Waals surface area contributed by atoms with Crippen LogP contribution in [0, 0.1) is 0 Å². The molecule has 2 rings (SSSR count). The van der Waals surface area contributed by atoms with E-state index in [1.165, 1.54) is 11.3 Å². The van der Waals surface area contributed by atoms with E-state index in [1.54, 1.807) is 6.07 Å². The summed E-state index contributed by atoms with van der Waals surface area (Å²) in [5.41, 5.74) is 0. The Hall–Kier alpha value is -0.400. The van der Waals surface area contributed by atoms with E-state index in [-0.39, 0.29) is 11.8 Å². The Morgan fingerprint density at radius 2 is 2.29 bits per heavy atom. The smallest absolute Gasteiger partial charge is 0.262 e. The molecular weight excluding hydrogens is 372 g/mol. The zero-order chi connectivity index (χ0) is 12.4. The van der Waals surface area contributed by atoms with Crippen molar-refractivity contribution in [2.75, 3.05) is 6.54 Å². The summed E-state index contributed by atoms with van der Waals surface area (Å²) in [5.74, 6) is -0.303. The minimum absolute atomic E-state index is 0.0979. The second-order valence-corrected chi connectivity index (χ2v) is 6.92. The molecule has 4 nitrogen and oxygen atoms in total. The van der Waals surface area contributed by atoms with Gasteiger partial charge in [-0.05, 0) is 50.8 Å². The van der Waals surface area contributed by atoms with E-state index in [9.17, 15) is 9.59 Å². The highest BCUT2D eigenvalue weighted by Crippen LogP contribution is 2.32. The SMILES string of the molecule is O=C(NC1CCCNC1=O)c1cc(Br)c(Br)s1. The highest BCUT2D eigenvalue weighted by Gasteiger charge is 2.24. The molecule has 0 bridgehead atoms. The van der Waals surface area contributed by atoms with Crippen molar-refractivity contribution in [1.82, 2.24) is 10.6 Å². The molecule has 1 aromatic heterocycles. The third-order valence-corrected chi connectivity index (χ3v) is 5.71. The van der Waals surface area contributed by atoms with Crippen molar-refractivity contribution in [2.45, 2.75) is 18.9 Å². The number of thiophene rings is 1. The highest BCUT2D eigenvalue weighted by atomic mass is 79.9. The van der Waals surface area contributed by atoms with E-state index >= 15 is 0 Å². The quantitative estimate of drug-likeness (QED) is 0.825. The van der Waals surface area contributed by atoms with Gasteiger partial charge >= 0.3 is 0 Å². The predicted molar refractivity (Wildman–Crippen MR) is 73.2 cm³/mol. The van der Waals surface area contributed by atoms with Gasteiger partial charge in [0.2, 0.25) is 5.91 Å². The van der Waals surface area contributed by atoms with Crippen LogP contribution in [0.5, 0.6) is 0 Å². The maximum Gasteiger partial charge on any atom is 0.262 e. The number of halogens is 2. The van der Waals surface area contributed by atoms with E-state index in [1.807, 2.05) is 0 Å². The molecule has 92 valence electrons. The first-order chi connectivity index (χ1) is 8.08. The van der Waals surface area contributed by atoms with Gasteiger partial charge in [-0.25, -0.2) is 0 Å². The molecule has 0 saturated carbocycles. The Morgan fingerprint density at radius 3 is 2.88 bits per heavy atom. The van der Waals surface area contributed by atoms with Gasteiger partial charge in [0.05, 0.1) is 8.66 Å². The van der Waals surface area contributed by atoms with Crippen LogP contribution in [0.1, 0.15) is 22.5 Å². The molecule has 0 aliphatic carbocycles. The van der Waals surface area contributed by atoms with E-state index < -0.39 is 6.04 Å².